The lowest BCUT2D eigenvalue weighted by Crippen LogP contribution is -2.42. The average Bonchev–Trinajstić information content (AvgIpc) is 2.66. The van der Waals surface area contributed by atoms with Gasteiger partial charge in [-0.3, -0.25) is 4.79 Å². The quantitative estimate of drug-likeness (QED) is 0.687. The summed E-state index contributed by atoms with van der Waals surface area (Å²) in [5, 5.41) is 13.5. The fourth-order valence-electron chi connectivity index (χ4n) is 2.88. The van der Waals surface area contributed by atoms with Crippen molar-refractivity contribution < 1.29 is 27.9 Å². The summed E-state index contributed by atoms with van der Waals surface area (Å²) in [4.78, 5) is 24.0. The number of rotatable bonds is 5. The topological polar surface area (TPSA) is 66.4 Å². The number of aliphatic carboxylic acids is 1. The van der Waals surface area contributed by atoms with Crippen molar-refractivity contribution in [2.45, 2.75) is 18.6 Å². The van der Waals surface area contributed by atoms with Crippen molar-refractivity contribution in [3.63, 3.8) is 0 Å². The lowest BCUT2D eigenvalue weighted by atomic mass is 10.0. The third-order valence-electron chi connectivity index (χ3n) is 4.31. The van der Waals surface area contributed by atoms with Crippen molar-refractivity contribution in [1.82, 2.24) is 5.32 Å². The smallest absolute Gasteiger partial charge is 0.416 e. The van der Waals surface area contributed by atoms with Crippen LogP contribution in [0.2, 0.25) is 0 Å². The molecule has 0 aliphatic rings. The Morgan fingerprint density at radius 2 is 1.64 bits per heavy atom. The van der Waals surface area contributed by atoms with Crippen molar-refractivity contribution in [1.29, 1.82) is 0 Å². The van der Waals surface area contributed by atoms with Gasteiger partial charge in [0.25, 0.3) is 5.91 Å². The molecule has 0 saturated heterocycles. The maximum Gasteiger partial charge on any atom is 0.416 e. The van der Waals surface area contributed by atoms with Gasteiger partial charge in [-0.15, -0.1) is 0 Å². The van der Waals surface area contributed by atoms with Crippen LogP contribution in [-0.4, -0.2) is 23.0 Å². The van der Waals surface area contributed by atoms with Crippen LogP contribution < -0.4 is 5.32 Å². The first-order valence-corrected chi connectivity index (χ1v) is 8.42. The second-order valence-electron chi connectivity index (χ2n) is 6.33. The summed E-state index contributed by atoms with van der Waals surface area (Å²) in [7, 11) is 0. The first-order valence-electron chi connectivity index (χ1n) is 8.42. The zero-order valence-corrected chi connectivity index (χ0v) is 14.5. The second kappa shape index (κ2) is 7.72. The predicted octanol–water partition coefficient (Wildman–Crippen LogP) is 4.28. The third-order valence-corrected chi connectivity index (χ3v) is 4.31. The average molecular weight is 387 g/mol. The SMILES string of the molecule is O=C(N[C@H](Cc1cccc(C(F)(F)F)c1)C(=O)O)c1ccc2ccccc2c1. The number of carboxylic acids is 1. The van der Waals surface area contributed by atoms with Gasteiger partial charge in [0.15, 0.2) is 0 Å². The second-order valence-corrected chi connectivity index (χ2v) is 6.33. The number of benzene rings is 3. The molecule has 0 aliphatic heterocycles. The molecule has 0 fully saturated rings. The Balaban J connectivity index is 1.79. The molecule has 1 atom stereocenters. The van der Waals surface area contributed by atoms with Crippen molar-refractivity contribution in [3.05, 3.63) is 83.4 Å². The van der Waals surface area contributed by atoms with E-state index in [1.165, 1.54) is 12.1 Å². The summed E-state index contributed by atoms with van der Waals surface area (Å²) in [6.07, 6.45) is -4.79. The van der Waals surface area contributed by atoms with Crippen LogP contribution in [-0.2, 0) is 17.4 Å². The van der Waals surface area contributed by atoms with Crippen LogP contribution in [0.4, 0.5) is 13.2 Å². The van der Waals surface area contributed by atoms with E-state index in [1.807, 2.05) is 24.3 Å². The molecule has 3 rings (SSSR count). The van der Waals surface area contributed by atoms with Crippen molar-refractivity contribution in [2.24, 2.45) is 0 Å². The molecule has 1 amide bonds. The molecule has 0 bridgehead atoms. The number of hydrogen-bond acceptors (Lipinski definition) is 2. The lowest BCUT2D eigenvalue weighted by molar-refractivity contribution is -0.139. The minimum atomic E-state index is -4.52. The third kappa shape index (κ3) is 4.49. The van der Waals surface area contributed by atoms with Gasteiger partial charge in [0.1, 0.15) is 6.04 Å². The maximum atomic E-state index is 12.8. The van der Waals surface area contributed by atoms with E-state index in [1.54, 1.807) is 18.2 Å². The highest BCUT2D eigenvalue weighted by molar-refractivity contribution is 6.00. The summed E-state index contributed by atoms with van der Waals surface area (Å²) < 4.78 is 38.5. The van der Waals surface area contributed by atoms with Crippen LogP contribution in [0.5, 0.6) is 0 Å². The summed E-state index contributed by atoms with van der Waals surface area (Å²) in [5.41, 5.74) is -0.426. The normalized spacial score (nSPS) is 12.5. The molecule has 2 N–H and O–H groups in total. The number of nitrogens with one attached hydrogen (secondary N) is 1. The van der Waals surface area contributed by atoms with Gasteiger partial charge in [0, 0.05) is 12.0 Å². The maximum absolute atomic E-state index is 12.8. The molecule has 7 heteroatoms. The first-order chi connectivity index (χ1) is 13.2. The van der Waals surface area contributed by atoms with Gasteiger partial charge < -0.3 is 10.4 Å². The van der Waals surface area contributed by atoms with E-state index in [0.29, 0.717) is 0 Å². The molecule has 3 aromatic carbocycles. The highest BCUT2D eigenvalue weighted by Gasteiger charge is 2.31. The molecule has 0 radical (unpaired) electrons. The Bertz CT molecular complexity index is 1030. The van der Waals surface area contributed by atoms with Crippen LogP contribution in [0.3, 0.4) is 0 Å². The zero-order valence-electron chi connectivity index (χ0n) is 14.5. The summed E-state index contributed by atoms with van der Waals surface area (Å²) in [6.45, 7) is 0. The minimum absolute atomic E-state index is 0.168. The number of alkyl halides is 3. The molecule has 144 valence electrons. The van der Waals surface area contributed by atoms with E-state index in [-0.39, 0.29) is 17.5 Å². The van der Waals surface area contributed by atoms with E-state index in [9.17, 15) is 27.9 Å². The monoisotopic (exact) mass is 387 g/mol. The van der Waals surface area contributed by atoms with Gasteiger partial charge in [0.05, 0.1) is 5.56 Å². The van der Waals surface area contributed by atoms with E-state index in [4.69, 9.17) is 0 Å². The molecule has 0 aromatic heterocycles. The summed E-state index contributed by atoms with van der Waals surface area (Å²) in [6, 6.07) is 15.4. The van der Waals surface area contributed by atoms with E-state index in [0.717, 1.165) is 22.9 Å². The Morgan fingerprint density at radius 1 is 0.929 bits per heavy atom. The largest absolute Gasteiger partial charge is 0.480 e. The van der Waals surface area contributed by atoms with Gasteiger partial charge in [-0.05, 0) is 34.5 Å². The van der Waals surface area contributed by atoms with E-state index < -0.39 is 29.7 Å². The fourth-order valence-corrected chi connectivity index (χ4v) is 2.88. The van der Waals surface area contributed by atoms with Crippen LogP contribution >= 0.6 is 0 Å². The summed E-state index contributed by atoms with van der Waals surface area (Å²) in [5.74, 6) is -1.93. The van der Waals surface area contributed by atoms with Gasteiger partial charge in [-0.1, -0.05) is 48.5 Å². The van der Waals surface area contributed by atoms with E-state index in [2.05, 4.69) is 5.32 Å². The molecule has 3 aromatic rings. The zero-order chi connectivity index (χ0) is 20.3. The van der Waals surface area contributed by atoms with Crippen LogP contribution in [0.1, 0.15) is 21.5 Å². The number of amides is 1. The van der Waals surface area contributed by atoms with Crippen LogP contribution in [0.25, 0.3) is 10.8 Å². The first kappa shape index (κ1) is 19.4. The van der Waals surface area contributed by atoms with Crippen molar-refractivity contribution in [2.75, 3.05) is 0 Å². The standard InChI is InChI=1S/C21H16F3NO3/c22-21(23,24)17-7-3-4-13(10-17)11-18(20(27)28)25-19(26)16-9-8-14-5-1-2-6-15(14)12-16/h1-10,12,18H,11H2,(H,25,26)(H,27,28)/t18-/m1/s1. The molecule has 28 heavy (non-hydrogen) atoms. The number of carboxylic acid groups (broad SMARTS) is 1. The number of carbonyl (C=O) groups is 2. The Kier molecular flexibility index (Phi) is 5.35. The molecule has 0 saturated carbocycles. The van der Waals surface area contributed by atoms with Gasteiger partial charge in [0.2, 0.25) is 0 Å². The number of carbonyl (C=O) groups excluding carboxylic acids is 1. The molecule has 4 nitrogen and oxygen atoms in total. The van der Waals surface area contributed by atoms with Crippen molar-refractivity contribution in [3.8, 4) is 0 Å². The molecule has 0 heterocycles. The lowest BCUT2D eigenvalue weighted by Gasteiger charge is -2.16. The van der Waals surface area contributed by atoms with Crippen LogP contribution in [0, 0.1) is 0 Å². The van der Waals surface area contributed by atoms with Crippen LogP contribution in [0.15, 0.2) is 66.7 Å². The highest BCUT2D eigenvalue weighted by atomic mass is 19.4. The van der Waals surface area contributed by atoms with Gasteiger partial charge in [-0.25, -0.2) is 4.79 Å². The van der Waals surface area contributed by atoms with E-state index >= 15 is 0 Å². The predicted molar refractivity (Wildman–Crippen MR) is 98.0 cm³/mol. The van der Waals surface area contributed by atoms with Gasteiger partial charge >= 0.3 is 12.1 Å². The number of hydrogen-bond donors (Lipinski definition) is 2. The summed E-state index contributed by atoms with van der Waals surface area (Å²) >= 11 is 0. The van der Waals surface area contributed by atoms with Crippen molar-refractivity contribution >= 4 is 22.6 Å². The molecular formula is C21H16F3NO3. The molecule has 0 unspecified atom stereocenters. The Morgan fingerprint density at radius 3 is 2.32 bits per heavy atom. The molecule has 0 spiro atoms. The highest BCUT2D eigenvalue weighted by Crippen LogP contribution is 2.29. The fraction of sp³-hybridized carbons (Fsp3) is 0.143. The Labute approximate surface area is 158 Å². The van der Waals surface area contributed by atoms with Gasteiger partial charge in [-0.2, -0.15) is 13.2 Å². The molecular weight excluding hydrogens is 371 g/mol. The molecule has 0 aliphatic carbocycles. The number of halogens is 3. The number of fused-ring (bicyclic) bond motifs is 1. The minimum Gasteiger partial charge on any atom is -0.480 e. The Hall–Kier alpha value is -3.35.